The maximum atomic E-state index is 12.4. The summed E-state index contributed by atoms with van der Waals surface area (Å²) < 4.78 is 11.7. The van der Waals surface area contributed by atoms with Crippen LogP contribution in [0.3, 0.4) is 0 Å². The molecule has 4 nitrogen and oxygen atoms in total. The van der Waals surface area contributed by atoms with Gasteiger partial charge in [0.05, 0.1) is 17.7 Å². The van der Waals surface area contributed by atoms with E-state index in [0.717, 1.165) is 39.7 Å². The van der Waals surface area contributed by atoms with Gasteiger partial charge in [0.15, 0.2) is 6.61 Å². The molecule has 0 aromatic heterocycles. The monoisotopic (exact) mass is 403 g/mol. The van der Waals surface area contributed by atoms with E-state index in [9.17, 15) is 4.79 Å². The summed E-state index contributed by atoms with van der Waals surface area (Å²) in [7, 11) is 1.64. The molecule has 1 heterocycles. The van der Waals surface area contributed by atoms with E-state index in [1.807, 2.05) is 73.8 Å². The minimum absolute atomic E-state index is 0.00244. The summed E-state index contributed by atoms with van der Waals surface area (Å²) in [5.74, 6) is 3.72. The van der Waals surface area contributed by atoms with Crippen LogP contribution >= 0.6 is 23.5 Å². The number of benzene rings is 2. The number of rotatable bonds is 7. The fourth-order valence-corrected chi connectivity index (χ4v) is 5.95. The Bertz CT molecular complexity index is 791. The number of thioether (sulfide) groups is 2. The number of hydrogen-bond donors (Lipinski definition) is 1. The molecule has 1 amide bonds. The Morgan fingerprint density at radius 1 is 1.19 bits per heavy atom. The fourth-order valence-electron chi connectivity index (χ4n) is 3.04. The lowest BCUT2D eigenvalue weighted by molar-refractivity contribution is -0.123. The molecule has 2 aromatic rings. The van der Waals surface area contributed by atoms with Gasteiger partial charge >= 0.3 is 0 Å². The van der Waals surface area contributed by atoms with Crippen molar-refractivity contribution in [2.45, 2.75) is 24.5 Å². The quantitative estimate of drug-likeness (QED) is 0.724. The second-order valence-electron chi connectivity index (χ2n) is 6.43. The Morgan fingerprint density at radius 3 is 2.67 bits per heavy atom. The highest BCUT2D eigenvalue weighted by atomic mass is 32.2. The maximum absolute atomic E-state index is 12.4. The Balaban J connectivity index is 1.61. The third kappa shape index (κ3) is 5.14. The summed E-state index contributed by atoms with van der Waals surface area (Å²) in [6, 6.07) is 13.8. The van der Waals surface area contributed by atoms with Crippen LogP contribution in [0.25, 0.3) is 0 Å². The predicted octanol–water partition coefficient (Wildman–Crippen LogP) is 4.74. The van der Waals surface area contributed by atoms with E-state index in [4.69, 9.17) is 9.47 Å². The Hall–Kier alpha value is -1.79. The standard InChI is InChI=1S/C21H25NO3S2/c1-14-8-9-18(24-3)17(12-14)15(2)22-20(23)13-25-19-7-5-4-6-16(19)21-26-10-11-27-21/h4-9,12,15,21H,10-11,13H2,1-3H3,(H,22,23)/t15-/m0/s1. The van der Waals surface area contributed by atoms with Crippen LogP contribution in [0.15, 0.2) is 42.5 Å². The Kier molecular flexibility index (Phi) is 6.96. The molecular weight excluding hydrogens is 378 g/mol. The number of methoxy groups -OCH3 is 1. The number of carbonyl (C=O) groups is 1. The number of para-hydroxylation sites is 1. The Morgan fingerprint density at radius 2 is 1.93 bits per heavy atom. The van der Waals surface area contributed by atoms with Crippen molar-refractivity contribution in [2.24, 2.45) is 0 Å². The third-order valence-corrected chi connectivity index (χ3v) is 7.45. The summed E-state index contributed by atoms with van der Waals surface area (Å²) in [5, 5.41) is 3.00. The van der Waals surface area contributed by atoms with E-state index >= 15 is 0 Å². The molecule has 1 aliphatic rings. The molecule has 1 aliphatic heterocycles. The van der Waals surface area contributed by atoms with E-state index in [-0.39, 0.29) is 18.6 Å². The van der Waals surface area contributed by atoms with Gasteiger partial charge in [-0.2, -0.15) is 0 Å². The van der Waals surface area contributed by atoms with Crippen molar-refractivity contribution >= 4 is 29.4 Å². The van der Waals surface area contributed by atoms with Gasteiger partial charge in [0.25, 0.3) is 5.91 Å². The predicted molar refractivity (Wildman–Crippen MR) is 114 cm³/mol. The van der Waals surface area contributed by atoms with E-state index in [1.165, 1.54) is 0 Å². The van der Waals surface area contributed by atoms with Crippen molar-refractivity contribution in [1.29, 1.82) is 0 Å². The molecule has 1 saturated heterocycles. The van der Waals surface area contributed by atoms with Crippen LogP contribution in [0.4, 0.5) is 0 Å². The molecule has 1 fully saturated rings. The van der Waals surface area contributed by atoms with Gasteiger partial charge in [-0.15, -0.1) is 23.5 Å². The molecule has 0 spiro atoms. The summed E-state index contributed by atoms with van der Waals surface area (Å²) in [4.78, 5) is 12.4. The van der Waals surface area contributed by atoms with Crippen LogP contribution in [0.2, 0.25) is 0 Å². The number of aryl methyl sites for hydroxylation is 1. The van der Waals surface area contributed by atoms with E-state index in [2.05, 4.69) is 11.4 Å². The highest BCUT2D eigenvalue weighted by Gasteiger charge is 2.22. The van der Waals surface area contributed by atoms with Gasteiger partial charge in [-0.1, -0.05) is 35.9 Å². The van der Waals surface area contributed by atoms with E-state index in [1.54, 1.807) is 7.11 Å². The van der Waals surface area contributed by atoms with Crippen molar-refractivity contribution < 1.29 is 14.3 Å². The number of ether oxygens (including phenoxy) is 2. The lowest BCUT2D eigenvalue weighted by atomic mass is 10.0. The molecule has 1 N–H and O–H groups in total. The Labute approximate surface area is 169 Å². The summed E-state index contributed by atoms with van der Waals surface area (Å²) >= 11 is 3.85. The van der Waals surface area contributed by atoms with Crippen LogP contribution in [0.5, 0.6) is 11.5 Å². The first-order valence-corrected chi connectivity index (χ1v) is 11.1. The molecule has 0 bridgehead atoms. The normalized spacial score (nSPS) is 15.4. The zero-order valence-corrected chi connectivity index (χ0v) is 17.5. The molecule has 0 radical (unpaired) electrons. The average Bonchev–Trinajstić information content (AvgIpc) is 3.21. The van der Waals surface area contributed by atoms with Gasteiger partial charge in [-0.05, 0) is 26.0 Å². The largest absolute Gasteiger partial charge is 0.496 e. The SMILES string of the molecule is COc1ccc(C)cc1[C@H](C)NC(=O)COc1ccccc1C1SCCS1. The number of nitrogens with one attached hydrogen (secondary N) is 1. The first-order valence-electron chi connectivity index (χ1n) is 8.97. The molecule has 6 heteroatoms. The molecule has 144 valence electrons. The first-order chi connectivity index (χ1) is 13.1. The molecule has 27 heavy (non-hydrogen) atoms. The zero-order chi connectivity index (χ0) is 19.2. The smallest absolute Gasteiger partial charge is 0.258 e. The minimum atomic E-state index is -0.160. The van der Waals surface area contributed by atoms with Gasteiger partial charge in [-0.3, -0.25) is 4.79 Å². The van der Waals surface area contributed by atoms with Crippen molar-refractivity contribution in [1.82, 2.24) is 5.32 Å². The second-order valence-corrected chi connectivity index (χ2v) is 9.16. The highest BCUT2D eigenvalue weighted by Crippen LogP contribution is 2.48. The average molecular weight is 404 g/mol. The van der Waals surface area contributed by atoms with E-state index in [0.29, 0.717) is 4.58 Å². The topological polar surface area (TPSA) is 47.6 Å². The molecule has 0 saturated carbocycles. The van der Waals surface area contributed by atoms with Gasteiger partial charge < -0.3 is 14.8 Å². The lowest BCUT2D eigenvalue weighted by Crippen LogP contribution is -2.31. The second kappa shape index (κ2) is 9.42. The van der Waals surface area contributed by atoms with Crippen molar-refractivity contribution in [3.8, 4) is 11.5 Å². The number of carbonyl (C=O) groups excluding carboxylic acids is 1. The highest BCUT2D eigenvalue weighted by molar-refractivity contribution is 8.19. The number of hydrogen-bond acceptors (Lipinski definition) is 5. The van der Waals surface area contributed by atoms with Crippen molar-refractivity contribution in [3.05, 3.63) is 59.2 Å². The van der Waals surface area contributed by atoms with Gasteiger partial charge in [0, 0.05) is 22.6 Å². The molecule has 3 rings (SSSR count). The molecule has 0 unspecified atom stereocenters. The van der Waals surface area contributed by atoms with Gasteiger partial charge in [0.1, 0.15) is 11.5 Å². The summed E-state index contributed by atoms with van der Waals surface area (Å²) in [5.41, 5.74) is 3.25. The molecular formula is C21H25NO3S2. The molecule has 2 aromatic carbocycles. The number of amides is 1. The molecule has 0 aliphatic carbocycles. The van der Waals surface area contributed by atoms with Crippen LogP contribution in [-0.2, 0) is 4.79 Å². The van der Waals surface area contributed by atoms with E-state index < -0.39 is 0 Å². The lowest BCUT2D eigenvalue weighted by Gasteiger charge is -2.19. The fraction of sp³-hybridized carbons (Fsp3) is 0.381. The van der Waals surface area contributed by atoms with Crippen LogP contribution < -0.4 is 14.8 Å². The van der Waals surface area contributed by atoms with Gasteiger partial charge in [-0.25, -0.2) is 0 Å². The van der Waals surface area contributed by atoms with Crippen LogP contribution in [0.1, 0.15) is 34.2 Å². The summed E-state index contributed by atoms with van der Waals surface area (Å²) in [6.07, 6.45) is 0. The van der Waals surface area contributed by atoms with Crippen LogP contribution in [0, 0.1) is 6.92 Å². The van der Waals surface area contributed by atoms with Gasteiger partial charge in [0.2, 0.25) is 0 Å². The summed E-state index contributed by atoms with van der Waals surface area (Å²) in [6.45, 7) is 3.98. The third-order valence-electron chi connectivity index (χ3n) is 4.38. The van der Waals surface area contributed by atoms with Crippen molar-refractivity contribution in [3.63, 3.8) is 0 Å². The zero-order valence-electron chi connectivity index (χ0n) is 15.9. The van der Waals surface area contributed by atoms with Crippen LogP contribution in [-0.4, -0.2) is 31.1 Å². The first kappa shape index (κ1) is 20.0. The molecule has 1 atom stereocenters. The minimum Gasteiger partial charge on any atom is -0.496 e. The van der Waals surface area contributed by atoms with Crippen molar-refractivity contribution in [2.75, 3.05) is 25.2 Å². The maximum Gasteiger partial charge on any atom is 0.258 e.